The van der Waals surface area contributed by atoms with E-state index in [4.69, 9.17) is 15.2 Å². The Labute approximate surface area is 71.4 Å². The lowest BCUT2D eigenvalue weighted by Crippen LogP contribution is -2.08. The number of furan rings is 1. The third-order valence-corrected chi connectivity index (χ3v) is 1.69. The molecule has 0 unspecified atom stereocenters. The van der Waals surface area contributed by atoms with Gasteiger partial charge in [0.2, 0.25) is 0 Å². The van der Waals surface area contributed by atoms with Crippen molar-refractivity contribution in [2.24, 2.45) is 5.92 Å². The molecule has 0 saturated carbocycles. The fraction of sp³-hybridized carbons (Fsp3) is 0.333. The van der Waals surface area contributed by atoms with Crippen LogP contribution in [0.2, 0.25) is 0 Å². The first-order valence-electron chi connectivity index (χ1n) is 3.83. The van der Waals surface area contributed by atoms with Crippen molar-refractivity contribution < 1.29 is 4.42 Å². The maximum Gasteiger partial charge on any atom is 0.153 e. The van der Waals surface area contributed by atoms with Gasteiger partial charge >= 0.3 is 0 Å². The second-order valence-electron chi connectivity index (χ2n) is 2.91. The zero-order valence-corrected chi connectivity index (χ0v) is 7.22. The molecule has 0 saturated heterocycles. The molecule has 3 nitrogen and oxygen atoms in total. The molecule has 1 aromatic rings. The minimum Gasteiger partial charge on any atom is -0.463 e. The van der Waals surface area contributed by atoms with E-state index in [1.54, 1.807) is 6.07 Å². The molecule has 12 heavy (non-hydrogen) atoms. The van der Waals surface area contributed by atoms with Crippen molar-refractivity contribution in [3.8, 4) is 0 Å². The van der Waals surface area contributed by atoms with E-state index in [-0.39, 0.29) is 5.92 Å². The SMILES string of the molecule is CC(C)C(=N)c1ccoc1C=N. The van der Waals surface area contributed by atoms with Crippen LogP contribution in [-0.2, 0) is 0 Å². The Bertz CT molecular complexity index is 299. The van der Waals surface area contributed by atoms with E-state index in [1.165, 1.54) is 6.26 Å². The van der Waals surface area contributed by atoms with Crippen molar-refractivity contribution >= 4 is 11.9 Å². The summed E-state index contributed by atoms with van der Waals surface area (Å²) in [6.45, 7) is 3.89. The highest BCUT2D eigenvalue weighted by atomic mass is 16.3. The van der Waals surface area contributed by atoms with Crippen molar-refractivity contribution in [1.29, 1.82) is 10.8 Å². The van der Waals surface area contributed by atoms with Crippen LogP contribution in [0.25, 0.3) is 0 Å². The summed E-state index contributed by atoms with van der Waals surface area (Å²) in [5.74, 6) is 0.634. The van der Waals surface area contributed by atoms with Gasteiger partial charge in [-0.15, -0.1) is 0 Å². The average Bonchev–Trinajstić information content (AvgIpc) is 2.49. The normalized spacial score (nSPS) is 10.2. The Morgan fingerprint density at radius 1 is 1.58 bits per heavy atom. The van der Waals surface area contributed by atoms with E-state index in [0.717, 1.165) is 11.8 Å². The largest absolute Gasteiger partial charge is 0.463 e. The molecule has 0 amide bonds. The Kier molecular flexibility index (Phi) is 2.43. The summed E-state index contributed by atoms with van der Waals surface area (Å²) in [6, 6.07) is 1.72. The van der Waals surface area contributed by atoms with Gasteiger partial charge < -0.3 is 15.2 Å². The van der Waals surface area contributed by atoms with Gasteiger partial charge in [-0.3, -0.25) is 0 Å². The van der Waals surface area contributed by atoms with E-state index in [2.05, 4.69) is 0 Å². The molecule has 0 aliphatic heterocycles. The smallest absolute Gasteiger partial charge is 0.153 e. The van der Waals surface area contributed by atoms with Crippen LogP contribution in [0.1, 0.15) is 25.2 Å². The summed E-state index contributed by atoms with van der Waals surface area (Å²) < 4.78 is 5.00. The highest BCUT2D eigenvalue weighted by molar-refractivity contribution is 6.04. The van der Waals surface area contributed by atoms with Crippen molar-refractivity contribution in [1.82, 2.24) is 0 Å². The first-order valence-corrected chi connectivity index (χ1v) is 3.83. The molecule has 0 fully saturated rings. The van der Waals surface area contributed by atoms with Gasteiger partial charge in [-0.2, -0.15) is 0 Å². The summed E-state index contributed by atoms with van der Waals surface area (Å²) in [5.41, 5.74) is 1.24. The van der Waals surface area contributed by atoms with Crippen LogP contribution in [0.5, 0.6) is 0 Å². The van der Waals surface area contributed by atoms with Gasteiger partial charge in [0, 0.05) is 11.3 Å². The van der Waals surface area contributed by atoms with Crippen LogP contribution in [0, 0.1) is 16.7 Å². The molecular formula is C9H12N2O. The zero-order chi connectivity index (χ0) is 9.14. The Balaban J connectivity index is 3.01. The second-order valence-corrected chi connectivity index (χ2v) is 2.91. The maximum absolute atomic E-state index is 7.68. The fourth-order valence-corrected chi connectivity index (χ4v) is 0.966. The third kappa shape index (κ3) is 1.44. The number of hydrogen-bond acceptors (Lipinski definition) is 3. The quantitative estimate of drug-likeness (QED) is 0.661. The molecule has 0 aliphatic carbocycles. The molecule has 3 heteroatoms. The summed E-state index contributed by atoms with van der Waals surface area (Å²) >= 11 is 0. The van der Waals surface area contributed by atoms with Crippen LogP contribution in [0.15, 0.2) is 16.7 Å². The van der Waals surface area contributed by atoms with Crippen molar-refractivity contribution in [2.45, 2.75) is 13.8 Å². The molecule has 0 aromatic carbocycles. The lowest BCUT2D eigenvalue weighted by atomic mass is 10.0. The minimum absolute atomic E-state index is 0.168. The van der Waals surface area contributed by atoms with Crippen molar-refractivity contribution in [3.05, 3.63) is 23.7 Å². The monoisotopic (exact) mass is 164 g/mol. The predicted molar refractivity (Wildman–Crippen MR) is 48.3 cm³/mol. The predicted octanol–water partition coefficient (Wildman–Crippen LogP) is 2.30. The molecule has 0 bridgehead atoms. The molecular weight excluding hydrogens is 152 g/mol. The number of nitrogens with one attached hydrogen (secondary N) is 2. The standard InChI is InChI=1S/C9H12N2O/c1-6(2)9(11)7-3-4-12-8(7)5-10/h3-6,10-11H,1-2H3. The highest BCUT2D eigenvalue weighted by Crippen LogP contribution is 2.13. The van der Waals surface area contributed by atoms with Crippen LogP contribution >= 0.6 is 0 Å². The van der Waals surface area contributed by atoms with Crippen LogP contribution < -0.4 is 0 Å². The molecule has 0 aliphatic rings. The highest BCUT2D eigenvalue weighted by Gasteiger charge is 2.11. The summed E-state index contributed by atoms with van der Waals surface area (Å²) in [6.07, 6.45) is 2.64. The second kappa shape index (κ2) is 3.34. The molecule has 2 N–H and O–H groups in total. The van der Waals surface area contributed by atoms with E-state index >= 15 is 0 Å². The van der Waals surface area contributed by atoms with E-state index in [9.17, 15) is 0 Å². The third-order valence-electron chi connectivity index (χ3n) is 1.69. The Morgan fingerprint density at radius 2 is 2.25 bits per heavy atom. The molecule has 0 atom stereocenters. The van der Waals surface area contributed by atoms with Gasteiger partial charge in [0.1, 0.15) is 0 Å². The van der Waals surface area contributed by atoms with E-state index in [1.807, 2.05) is 13.8 Å². The van der Waals surface area contributed by atoms with Gasteiger partial charge in [0.25, 0.3) is 0 Å². The molecule has 64 valence electrons. The molecule has 1 aromatic heterocycles. The lowest BCUT2D eigenvalue weighted by molar-refractivity contribution is 0.559. The molecule has 0 spiro atoms. The fourth-order valence-electron chi connectivity index (χ4n) is 0.966. The number of hydrogen-bond donors (Lipinski definition) is 2. The van der Waals surface area contributed by atoms with Crippen molar-refractivity contribution in [2.75, 3.05) is 0 Å². The number of rotatable bonds is 3. The van der Waals surface area contributed by atoms with Crippen LogP contribution in [-0.4, -0.2) is 11.9 Å². The topological polar surface area (TPSA) is 60.8 Å². The van der Waals surface area contributed by atoms with Gasteiger partial charge in [-0.25, -0.2) is 0 Å². The lowest BCUT2D eigenvalue weighted by Gasteiger charge is -2.04. The van der Waals surface area contributed by atoms with Gasteiger partial charge in [0.05, 0.1) is 12.5 Å². The van der Waals surface area contributed by atoms with E-state index in [0.29, 0.717) is 11.5 Å². The first-order chi connectivity index (χ1) is 5.66. The average molecular weight is 164 g/mol. The zero-order valence-electron chi connectivity index (χ0n) is 7.22. The summed E-state index contributed by atoms with van der Waals surface area (Å²) in [5, 5.41) is 14.7. The Hall–Kier alpha value is -1.38. The summed E-state index contributed by atoms with van der Waals surface area (Å²) in [7, 11) is 0. The summed E-state index contributed by atoms with van der Waals surface area (Å²) in [4.78, 5) is 0. The minimum atomic E-state index is 0.168. The molecule has 1 rings (SSSR count). The van der Waals surface area contributed by atoms with Gasteiger partial charge in [0.15, 0.2) is 5.76 Å². The molecule has 1 heterocycles. The van der Waals surface area contributed by atoms with Gasteiger partial charge in [-0.1, -0.05) is 13.8 Å². The van der Waals surface area contributed by atoms with Crippen LogP contribution in [0.3, 0.4) is 0 Å². The van der Waals surface area contributed by atoms with Gasteiger partial charge in [-0.05, 0) is 12.0 Å². The Morgan fingerprint density at radius 3 is 2.75 bits per heavy atom. The molecule has 0 radical (unpaired) electrons. The first kappa shape index (κ1) is 8.71. The van der Waals surface area contributed by atoms with Crippen molar-refractivity contribution in [3.63, 3.8) is 0 Å². The van der Waals surface area contributed by atoms with Crippen LogP contribution in [0.4, 0.5) is 0 Å². The van der Waals surface area contributed by atoms with E-state index < -0.39 is 0 Å². The maximum atomic E-state index is 7.68.